The van der Waals surface area contributed by atoms with Crippen molar-refractivity contribution in [2.75, 3.05) is 18.8 Å². The summed E-state index contributed by atoms with van der Waals surface area (Å²) in [5, 5.41) is 10.6. The maximum atomic E-state index is 12.8. The van der Waals surface area contributed by atoms with Crippen molar-refractivity contribution in [3.05, 3.63) is 30.1 Å². The lowest BCUT2D eigenvalue weighted by Crippen LogP contribution is -2.43. The number of piperidine rings is 1. The van der Waals surface area contributed by atoms with Crippen LogP contribution in [-0.4, -0.2) is 49.2 Å². The van der Waals surface area contributed by atoms with E-state index in [1.807, 2.05) is 33.6 Å². The first kappa shape index (κ1) is 19.2. The topological polar surface area (TPSA) is 63.4 Å². The minimum absolute atomic E-state index is 0.181. The first-order chi connectivity index (χ1) is 13.4. The first-order valence-electron chi connectivity index (χ1n) is 9.98. The van der Waals surface area contributed by atoms with Crippen LogP contribution >= 0.6 is 11.8 Å². The number of hydrogen-bond donors (Lipinski definition) is 0. The summed E-state index contributed by atoms with van der Waals surface area (Å²) >= 11 is 1.46. The van der Waals surface area contributed by atoms with Gasteiger partial charge in [-0.3, -0.25) is 9.20 Å². The largest absolute Gasteiger partial charge is 0.341 e. The number of para-hydroxylation sites is 1. The van der Waals surface area contributed by atoms with E-state index in [2.05, 4.69) is 37.9 Å². The molecule has 28 heavy (non-hydrogen) atoms. The van der Waals surface area contributed by atoms with Gasteiger partial charge in [0.2, 0.25) is 5.91 Å². The van der Waals surface area contributed by atoms with Crippen molar-refractivity contribution < 1.29 is 4.79 Å². The monoisotopic (exact) mass is 397 g/mol. The van der Waals surface area contributed by atoms with E-state index in [9.17, 15) is 4.79 Å². The molecule has 1 aromatic carbocycles. The highest BCUT2D eigenvalue weighted by atomic mass is 32.2. The van der Waals surface area contributed by atoms with Gasteiger partial charge in [0.25, 0.3) is 0 Å². The van der Waals surface area contributed by atoms with E-state index in [0.29, 0.717) is 17.6 Å². The predicted molar refractivity (Wildman–Crippen MR) is 113 cm³/mol. The second-order valence-corrected chi connectivity index (χ2v) is 9.26. The number of hydrogen-bond acceptors (Lipinski definition) is 5. The fourth-order valence-corrected chi connectivity index (χ4v) is 4.99. The zero-order chi connectivity index (χ0) is 19.8. The molecule has 0 spiro atoms. The maximum absolute atomic E-state index is 12.8. The van der Waals surface area contributed by atoms with E-state index >= 15 is 0 Å². The van der Waals surface area contributed by atoms with Crippen LogP contribution < -0.4 is 0 Å². The van der Waals surface area contributed by atoms with Crippen LogP contribution in [0, 0.1) is 11.8 Å². The van der Waals surface area contributed by atoms with E-state index in [1.165, 1.54) is 18.2 Å². The van der Waals surface area contributed by atoms with Crippen LogP contribution in [0.1, 0.15) is 45.9 Å². The SMILES string of the molecule is CC1CC(C)CN(C(=O)CSc2nnc3c4ccccc4nc(C(C)C)n23)C1. The number of thioether (sulfide) groups is 1. The predicted octanol–water partition coefficient (Wildman–Crippen LogP) is 4.00. The number of aromatic nitrogens is 4. The Morgan fingerprint density at radius 3 is 2.61 bits per heavy atom. The summed E-state index contributed by atoms with van der Waals surface area (Å²) in [5.74, 6) is 2.84. The summed E-state index contributed by atoms with van der Waals surface area (Å²) in [7, 11) is 0. The highest BCUT2D eigenvalue weighted by molar-refractivity contribution is 7.99. The highest BCUT2D eigenvalue weighted by Gasteiger charge is 2.26. The fraction of sp³-hybridized carbons (Fsp3) is 0.524. The average Bonchev–Trinajstić information content (AvgIpc) is 3.08. The minimum Gasteiger partial charge on any atom is -0.341 e. The summed E-state index contributed by atoms with van der Waals surface area (Å²) < 4.78 is 2.02. The van der Waals surface area contributed by atoms with Crippen LogP contribution in [-0.2, 0) is 4.79 Å². The Kier molecular flexibility index (Phi) is 5.27. The third-order valence-corrected chi connectivity index (χ3v) is 6.22. The number of nitrogens with zero attached hydrogens (tertiary/aromatic N) is 5. The number of fused-ring (bicyclic) bond motifs is 3. The third-order valence-electron chi connectivity index (χ3n) is 5.31. The summed E-state index contributed by atoms with van der Waals surface area (Å²) in [5.41, 5.74) is 1.74. The van der Waals surface area contributed by atoms with Crippen LogP contribution in [0.4, 0.5) is 0 Å². The fourth-order valence-electron chi connectivity index (χ4n) is 4.15. The lowest BCUT2D eigenvalue weighted by atomic mass is 9.92. The van der Waals surface area contributed by atoms with Gasteiger partial charge in [0.1, 0.15) is 5.82 Å². The van der Waals surface area contributed by atoms with Gasteiger partial charge >= 0.3 is 0 Å². The quantitative estimate of drug-likeness (QED) is 0.623. The smallest absolute Gasteiger partial charge is 0.233 e. The molecule has 7 heteroatoms. The summed E-state index contributed by atoms with van der Waals surface area (Å²) in [6.07, 6.45) is 1.20. The Balaban J connectivity index is 1.62. The summed E-state index contributed by atoms with van der Waals surface area (Å²) in [4.78, 5) is 19.6. The molecule has 3 heterocycles. The van der Waals surface area contributed by atoms with Gasteiger partial charge in [-0.05, 0) is 30.4 Å². The molecule has 0 bridgehead atoms. The molecule has 0 aliphatic carbocycles. The number of carbonyl (C=O) groups is 1. The Labute approximate surface area is 169 Å². The average molecular weight is 398 g/mol. The molecule has 0 saturated carbocycles. The van der Waals surface area contributed by atoms with Gasteiger partial charge in [-0.2, -0.15) is 0 Å². The Hall–Kier alpha value is -2.15. The van der Waals surface area contributed by atoms with E-state index in [-0.39, 0.29) is 11.8 Å². The van der Waals surface area contributed by atoms with Crippen molar-refractivity contribution in [1.82, 2.24) is 24.5 Å². The van der Waals surface area contributed by atoms with Gasteiger partial charge in [-0.15, -0.1) is 10.2 Å². The molecule has 2 aromatic heterocycles. The molecular formula is C21H27N5OS. The second kappa shape index (κ2) is 7.70. The summed E-state index contributed by atoms with van der Waals surface area (Å²) in [6.45, 7) is 10.4. The van der Waals surface area contributed by atoms with Crippen molar-refractivity contribution >= 4 is 34.2 Å². The molecule has 0 radical (unpaired) electrons. The Bertz CT molecular complexity index is 1000. The minimum atomic E-state index is 0.181. The molecule has 2 unspecified atom stereocenters. The Morgan fingerprint density at radius 1 is 1.18 bits per heavy atom. The van der Waals surface area contributed by atoms with Crippen LogP contribution in [0.5, 0.6) is 0 Å². The number of carbonyl (C=O) groups excluding carboxylic acids is 1. The molecule has 0 N–H and O–H groups in total. The standard InChI is InChI=1S/C21H27N5OS/c1-13(2)19-22-17-8-6-5-7-16(17)20-23-24-21(26(19)20)28-12-18(27)25-10-14(3)9-15(4)11-25/h5-8,13-15H,9-12H2,1-4H3. The number of benzene rings is 1. The van der Waals surface area contributed by atoms with Crippen LogP contribution in [0.2, 0.25) is 0 Å². The molecule has 3 aromatic rings. The molecule has 1 saturated heterocycles. The molecule has 1 aliphatic heterocycles. The lowest BCUT2D eigenvalue weighted by molar-refractivity contribution is -0.130. The normalized spacial score (nSPS) is 20.4. The highest BCUT2D eigenvalue weighted by Crippen LogP contribution is 2.28. The van der Waals surface area contributed by atoms with Gasteiger partial charge in [0, 0.05) is 24.4 Å². The number of amides is 1. The van der Waals surface area contributed by atoms with Crippen LogP contribution in [0.25, 0.3) is 16.6 Å². The van der Waals surface area contributed by atoms with Gasteiger partial charge in [0.05, 0.1) is 11.3 Å². The van der Waals surface area contributed by atoms with Crippen LogP contribution in [0.3, 0.4) is 0 Å². The zero-order valence-electron chi connectivity index (χ0n) is 16.9. The second-order valence-electron chi connectivity index (χ2n) is 8.32. The molecule has 1 fully saturated rings. The van der Waals surface area contributed by atoms with Gasteiger partial charge in [0.15, 0.2) is 10.8 Å². The van der Waals surface area contributed by atoms with Crippen molar-refractivity contribution in [3.8, 4) is 0 Å². The van der Waals surface area contributed by atoms with E-state index in [4.69, 9.17) is 4.98 Å². The van der Waals surface area contributed by atoms with Crippen LogP contribution in [0.15, 0.2) is 29.4 Å². The molecule has 148 valence electrons. The molecule has 2 atom stereocenters. The maximum Gasteiger partial charge on any atom is 0.233 e. The molecule has 4 rings (SSSR count). The Morgan fingerprint density at radius 2 is 1.89 bits per heavy atom. The van der Waals surface area contributed by atoms with Crippen molar-refractivity contribution in [2.45, 2.75) is 45.2 Å². The number of likely N-dealkylation sites (tertiary alicyclic amines) is 1. The molecule has 1 aliphatic rings. The van der Waals surface area contributed by atoms with Gasteiger partial charge in [-0.1, -0.05) is 51.6 Å². The lowest BCUT2D eigenvalue weighted by Gasteiger charge is -2.34. The summed E-state index contributed by atoms with van der Waals surface area (Å²) in [6, 6.07) is 8.00. The molecular weight excluding hydrogens is 370 g/mol. The first-order valence-corrected chi connectivity index (χ1v) is 11.0. The van der Waals surface area contributed by atoms with Crippen molar-refractivity contribution in [3.63, 3.8) is 0 Å². The molecule has 1 amide bonds. The molecule has 6 nitrogen and oxygen atoms in total. The van der Waals surface area contributed by atoms with Gasteiger partial charge < -0.3 is 4.90 Å². The number of rotatable bonds is 4. The zero-order valence-corrected chi connectivity index (χ0v) is 17.7. The van der Waals surface area contributed by atoms with Crippen molar-refractivity contribution in [2.24, 2.45) is 11.8 Å². The van der Waals surface area contributed by atoms with Crippen molar-refractivity contribution in [1.29, 1.82) is 0 Å². The van der Waals surface area contributed by atoms with E-state index < -0.39 is 0 Å². The van der Waals surface area contributed by atoms with E-state index in [1.54, 1.807) is 0 Å². The van der Waals surface area contributed by atoms with E-state index in [0.717, 1.165) is 40.6 Å². The van der Waals surface area contributed by atoms with Gasteiger partial charge in [-0.25, -0.2) is 4.98 Å². The third kappa shape index (κ3) is 3.60.